The van der Waals surface area contributed by atoms with Gasteiger partial charge in [-0.05, 0) is 36.4 Å². The van der Waals surface area contributed by atoms with Crippen molar-refractivity contribution < 1.29 is 14.0 Å². The van der Waals surface area contributed by atoms with Crippen LogP contribution in [0.25, 0.3) is 0 Å². The highest BCUT2D eigenvalue weighted by molar-refractivity contribution is 8.03. The minimum absolute atomic E-state index is 0.0499. The number of nitriles is 1. The number of anilines is 1. The van der Waals surface area contributed by atoms with Gasteiger partial charge in [0.2, 0.25) is 11.8 Å². The minimum Gasteiger partial charge on any atom is -0.469 e. The number of carbonyl (C=O) groups is 2. The second-order valence-corrected chi connectivity index (χ2v) is 6.94. The average Bonchev–Trinajstić information content (AvgIpc) is 3.16. The molecule has 6 nitrogen and oxygen atoms in total. The number of halogens is 1. The molecule has 0 fully saturated rings. The predicted octanol–water partition coefficient (Wildman–Crippen LogP) is 3.64. The Hall–Kier alpha value is -2.69. The molecule has 8 heteroatoms. The number of rotatable bonds is 5. The maximum Gasteiger partial charge on any atom is 0.234 e. The van der Waals surface area contributed by atoms with Crippen LogP contribution in [-0.2, 0) is 9.59 Å². The van der Waals surface area contributed by atoms with Crippen LogP contribution in [0.3, 0.4) is 0 Å². The minimum atomic E-state index is -0.439. The lowest BCUT2D eigenvalue weighted by atomic mass is 9.92. The maximum atomic E-state index is 12.1. The van der Waals surface area contributed by atoms with Crippen molar-refractivity contribution in [1.29, 1.82) is 5.26 Å². The number of furan rings is 1. The first-order valence-corrected chi connectivity index (χ1v) is 9.09. The lowest BCUT2D eigenvalue weighted by Gasteiger charge is -2.23. The van der Waals surface area contributed by atoms with Gasteiger partial charge in [0.15, 0.2) is 0 Å². The summed E-state index contributed by atoms with van der Waals surface area (Å²) in [4.78, 5) is 24.1. The Morgan fingerprint density at radius 1 is 1.38 bits per heavy atom. The zero-order valence-corrected chi connectivity index (χ0v) is 15.1. The molecule has 2 N–H and O–H groups in total. The summed E-state index contributed by atoms with van der Waals surface area (Å²) in [6, 6.07) is 12.3. The van der Waals surface area contributed by atoms with E-state index in [1.165, 1.54) is 6.26 Å². The number of allylic oxidation sites excluding steroid dienone is 1. The molecule has 1 aliphatic rings. The molecular formula is C18H14ClN3O3S. The smallest absolute Gasteiger partial charge is 0.234 e. The van der Waals surface area contributed by atoms with Crippen LogP contribution in [-0.4, -0.2) is 17.6 Å². The van der Waals surface area contributed by atoms with Gasteiger partial charge in [-0.1, -0.05) is 23.4 Å². The highest BCUT2D eigenvalue weighted by atomic mass is 35.5. The van der Waals surface area contributed by atoms with E-state index in [9.17, 15) is 14.9 Å². The first-order chi connectivity index (χ1) is 12.6. The lowest BCUT2D eigenvalue weighted by molar-refractivity contribution is -0.121. The number of benzene rings is 1. The SMILES string of the molecule is N#CC1=C(SCC(=O)Nc2ccc(Cl)cc2)NC(=O)C[C@@H]1c1ccco1. The van der Waals surface area contributed by atoms with Crippen molar-refractivity contribution in [3.63, 3.8) is 0 Å². The molecule has 1 aliphatic heterocycles. The summed E-state index contributed by atoms with van der Waals surface area (Å²) in [5.74, 6) is -0.304. The summed E-state index contributed by atoms with van der Waals surface area (Å²) in [5.41, 5.74) is 1.01. The van der Waals surface area contributed by atoms with E-state index in [0.717, 1.165) is 11.8 Å². The van der Waals surface area contributed by atoms with Gasteiger partial charge < -0.3 is 15.1 Å². The second kappa shape index (κ2) is 8.13. The molecule has 0 unspecified atom stereocenters. The summed E-state index contributed by atoms with van der Waals surface area (Å²) in [6.45, 7) is 0. The van der Waals surface area contributed by atoms with Crippen LogP contribution in [0.5, 0.6) is 0 Å². The third-order valence-corrected chi connectivity index (χ3v) is 4.99. The Balaban J connectivity index is 1.70. The quantitative estimate of drug-likeness (QED) is 0.816. The van der Waals surface area contributed by atoms with Crippen LogP contribution in [0.15, 0.2) is 57.7 Å². The van der Waals surface area contributed by atoms with Crippen molar-refractivity contribution in [2.75, 3.05) is 11.1 Å². The maximum absolute atomic E-state index is 12.1. The Kier molecular flexibility index (Phi) is 5.66. The van der Waals surface area contributed by atoms with Crippen molar-refractivity contribution in [3.8, 4) is 6.07 Å². The molecule has 2 amide bonds. The average molecular weight is 388 g/mol. The third kappa shape index (κ3) is 4.28. The summed E-state index contributed by atoms with van der Waals surface area (Å²) < 4.78 is 5.35. The highest BCUT2D eigenvalue weighted by Gasteiger charge is 2.31. The number of nitrogens with one attached hydrogen (secondary N) is 2. The predicted molar refractivity (Wildman–Crippen MR) is 99.4 cm³/mol. The standard InChI is InChI=1S/C18H14ClN3O3S/c19-11-3-5-12(6-4-11)21-17(24)10-26-18-14(9-20)13(8-16(23)22-18)15-2-1-7-25-15/h1-7,13H,8,10H2,(H,21,24)(H,22,23)/t13-/m0/s1. The largest absolute Gasteiger partial charge is 0.469 e. The van der Waals surface area contributed by atoms with Crippen molar-refractivity contribution in [1.82, 2.24) is 5.32 Å². The van der Waals surface area contributed by atoms with Crippen molar-refractivity contribution in [2.24, 2.45) is 0 Å². The Bertz CT molecular complexity index is 885. The second-order valence-electron chi connectivity index (χ2n) is 5.52. The zero-order chi connectivity index (χ0) is 18.5. The molecule has 0 radical (unpaired) electrons. The molecule has 1 aromatic carbocycles. The van der Waals surface area contributed by atoms with Gasteiger partial charge in [0.25, 0.3) is 0 Å². The van der Waals surface area contributed by atoms with E-state index in [0.29, 0.717) is 27.1 Å². The summed E-state index contributed by atoms with van der Waals surface area (Å²) in [6.07, 6.45) is 1.64. The van der Waals surface area contributed by atoms with Gasteiger partial charge >= 0.3 is 0 Å². The topological polar surface area (TPSA) is 95.1 Å². The third-order valence-electron chi connectivity index (χ3n) is 3.72. The van der Waals surface area contributed by atoms with Crippen molar-refractivity contribution in [3.05, 3.63) is 64.0 Å². The van der Waals surface area contributed by atoms with Crippen molar-refractivity contribution >= 4 is 40.9 Å². The Labute approximate surface area is 159 Å². The molecule has 0 spiro atoms. The monoisotopic (exact) mass is 387 g/mol. The lowest BCUT2D eigenvalue weighted by Crippen LogP contribution is -2.31. The Morgan fingerprint density at radius 2 is 2.15 bits per heavy atom. The van der Waals surface area contributed by atoms with Crippen LogP contribution in [0.4, 0.5) is 5.69 Å². The number of hydrogen-bond donors (Lipinski definition) is 2. The number of thioether (sulfide) groups is 1. The van der Waals surface area contributed by atoms with Crippen LogP contribution >= 0.6 is 23.4 Å². The fourth-order valence-electron chi connectivity index (χ4n) is 2.53. The van der Waals surface area contributed by atoms with Crippen LogP contribution in [0, 0.1) is 11.3 Å². The van der Waals surface area contributed by atoms with Gasteiger partial charge in [-0.15, -0.1) is 0 Å². The molecule has 3 rings (SSSR count). The van der Waals surface area contributed by atoms with E-state index in [1.54, 1.807) is 36.4 Å². The molecule has 1 aromatic heterocycles. The summed E-state index contributed by atoms with van der Waals surface area (Å²) >= 11 is 6.92. The van der Waals surface area contributed by atoms with E-state index in [4.69, 9.17) is 16.0 Å². The molecule has 0 saturated carbocycles. The molecule has 2 heterocycles. The molecular weight excluding hydrogens is 374 g/mol. The van der Waals surface area contributed by atoms with Gasteiger partial charge in [0, 0.05) is 17.1 Å². The summed E-state index contributed by atoms with van der Waals surface area (Å²) in [5, 5.41) is 15.9. The number of hydrogen-bond acceptors (Lipinski definition) is 5. The van der Waals surface area contributed by atoms with E-state index in [-0.39, 0.29) is 24.0 Å². The van der Waals surface area contributed by atoms with Crippen LogP contribution in [0.2, 0.25) is 5.02 Å². The fraction of sp³-hybridized carbons (Fsp3) is 0.167. The van der Waals surface area contributed by atoms with E-state index < -0.39 is 5.92 Å². The molecule has 0 bridgehead atoms. The Morgan fingerprint density at radius 3 is 2.81 bits per heavy atom. The fourth-order valence-corrected chi connectivity index (χ4v) is 3.54. The van der Waals surface area contributed by atoms with Gasteiger partial charge in [-0.3, -0.25) is 9.59 Å². The number of nitrogens with zero attached hydrogens (tertiary/aromatic N) is 1. The molecule has 132 valence electrons. The molecule has 1 atom stereocenters. The van der Waals surface area contributed by atoms with Gasteiger partial charge in [0.05, 0.1) is 34.6 Å². The van der Waals surface area contributed by atoms with E-state index >= 15 is 0 Å². The van der Waals surface area contributed by atoms with Crippen LogP contribution < -0.4 is 10.6 Å². The molecule has 2 aromatic rings. The number of amides is 2. The van der Waals surface area contributed by atoms with Crippen LogP contribution in [0.1, 0.15) is 18.1 Å². The van der Waals surface area contributed by atoms with E-state index in [1.807, 2.05) is 0 Å². The summed E-state index contributed by atoms with van der Waals surface area (Å²) in [7, 11) is 0. The number of carbonyl (C=O) groups excluding carboxylic acids is 2. The molecule has 0 saturated heterocycles. The first kappa shape index (κ1) is 18.1. The highest BCUT2D eigenvalue weighted by Crippen LogP contribution is 2.36. The first-order valence-electron chi connectivity index (χ1n) is 7.72. The zero-order valence-electron chi connectivity index (χ0n) is 13.5. The normalized spacial score (nSPS) is 16.8. The van der Waals surface area contributed by atoms with Crippen molar-refractivity contribution in [2.45, 2.75) is 12.3 Å². The van der Waals surface area contributed by atoms with Gasteiger partial charge in [-0.2, -0.15) is 5.26 Å². The van der Waals surface area contributed by atoms with Gasteiger partial charge in [0.1, 0.15) is 5.76 Å². The molecule has 26 heavy (non-hydrogen) atoms. The van der Waals surface area contributed by atoms with E-state index in [2.05, 4.69) is 16.7 Å². The molecule has 0 aliphatic carbocycles. The van der Waals surface area contributed by atoms with Gasteiger partial charge in [-0.25, -0.2) is 0 Å².